The van der Waals surface area contributed by atoms with Crippen LogP contribution in [-0.4, -0.2) is 66.0 Å². The van der Waals surface area contributed by atoms with E-state index in [0.29, 0.717) is 13.1 Å². The van der Waals surface area contributed by atoms with Gasteiger partial charge in [0, 0.05) is 32.8 Å². The maximum atomic E-state index is 14.7. The summed E-state index contributed by atoms with van der Waals surface area (Å²) in [6.07, 6.45) is 0. The molecule has 1 saturated heterocycles. The highest BCUT2D eigenvalue weighted by molar-refractivity contribution is 6.35. The molecule has 0 bridgehead atoms. The molecular formula is C17H18ClF2N3O3. The zero-order valence-electron chi connectivity index (χ0n) is 14.3. The van der Waals surface area contributed by atoms with E-state index >= 15 is 0 Å². The van der Waals surface area contributed by atoms with E-state index in [0.717, 1.165) is 6.07 Å². The summed E-state index contributed by atoms with van der Waals surface area (Å²) in [7, 11) is 1.44. The Kier molecular flexibility index (Phi) is 5.15. The maximum Gasteiger partial charge on any atom is 0.273 e. The number of methoxy groups -OCH3 is 1. The Bertz CT molecular complexity index is 871. The number of halogens is 3. The molecule has 0 radical (unpaired) electrons. The Balaban J connectivity index is 1.84. The maximum absolute atomic E-state index is 14.7. The molecule has 0 saturated carbocycles. The molecule has 1 aromatic carbocycles. The van der Waals surface area contributed by atoms with Crippen LogP contribution >= 0.6 is 11.6 Å². The highest BCUT2D eigenvalue weighted by Gasteiger charge is 2.33. The summed E-state index contributed by atoms with van der Waals surface area (Å²) in [6.45, 7) is 2.66. The highest BCUT2D eigenvalue weighted by atomic mass is 35.5. The van der Waals surface area contributed by atoms with E-state index in [1.807, 2.05) is 0 Å². The predicted molar refractivity (Wildman–Crippen MR) is 92.2 cm³/mol. The zero-order valence-corrected chi connectivity index (χ0v) is 15.1. The van der Waals surface area contributed by atoms with Gasteiger partial charge in [-0.2, -0.15) is 0 Å². The van der Waals surface area contributed by atoms with Gasteiger partial charge in [0.05, 0.1) is 15.9 Å². The van der Waals surface area contributed by atoms with Gasteiger partial charge in [0.1, 0.15) is 18.1 Å². The van der Waals surface area contributed by atoms with Crippen molar-refractivity contribution in [3.05, 3.63) is 34.5 Å². The topological polar surface area (TPSA) is 65.6 Å². The first-order valence-electron chi connectivity index (χ1n) is 8.08. The quantitative estimate of drug-likeness (QED) is 0.882. The average Bonchev–Trinajstić information content (AvgIpc) is 2.95. The van der Waals surface area contributed by atoms with Crippen molar-refractivity contribution in [2.45, 2.75) is 13.0 Å². The second-order valence-electron chi connectivity index (χ2n) is 6.22. The molecule has 1 aliphatic heterocycles. The molecule has 2 aromatic rings. The number of piperazine rings is 1. The molecule has 2 heterocycles. The monoisotopic (exact) mass is 385 g/mol. The van der Waals surface area contributed by atoms with Crippen LogP contribution in [0.2, 0.25) is 5.02 Å². The number of rotatable bonds is 3. The molecule has 1 aromatic heterocycles. The third kappa shape index (κ3) is 3.14. The summed E-state index contributed by atoms with van der Waals surface area (Å²) in [6, 6.07) is 2.13. The number of carbonyl (C=O) groups excluding carboxylic acids is 2. The van der Waals surface area contributed by atoms with E-state index in [4.69, 9.17) is 16.3 Å². The minimum Gasteiger partial charge on any atom is -0.375 e. The lowest BCUT2D eigenvalue weighted by atomic mass is 10.1. The summed E-state index contributed by atoms with van der Waals surface area (Å²) < 4.78 is 33.1. The Hall–Kier alpha value is -2.19. The van der Waals surface area contributed by atoms with Crippen molar-refractivity contribution < 1.29 is 23.1 Å². The molecule has 9 heteroatoms. The van der Waals surface area contributed by atoms with Crippen LogP contribution in [0.3, 0.4) is 0 Å². The largest absolute Gasteiger partial charge is 0.375 e. The molecule has 26 heavy (non-hydrogen) atoms. The fraction of sp³-hybridized carbons (Fsp3) is 0.412. The standard InChI is InChI=1S/C17H18ClF2N3O3/c1-9-7-22(12(24)8-26-2)5-6-23(9)17(25)16-15(20)13-11(21-16)4-3-10(19)14(13)18/h3-4,9,21H,5-8H2,1-2H3/t9-/m0/s1. The predicted octanol–water partition coefficient (Wildman–Crippen LogP) is 2.42. The minimum atomic E-state index is -0.875. The van der Waals surface area contributed by atoms with Gasteiger partial charge >= 0.3 is 0 Å². The molecule has 1 N–H and O–H groups in total. The van der Waals surface area contributed by atoms with E-state index in [9.17, 15) is 18.4 Å². The molecule has 1 atom stereocenters. The number of nitrogens with one attached hydrogen (secondary N) is 1. The minimum absolute atomic E-state index is 0.0264. The third-order valence-electron chi connectivity index (χ3n) is 4.52. The number of carbonyl (C=O) groups is 2. The lowest BCUT2D eigenvalue weighted by Gasteiger charge is -2.39. The van der Waals surface area contributed by atoms with Gasteiger partial charge in [-0.1, -0.05) is 11.6 Å². The Morgan fingerprint density at radius 3 is 2.73 bits per heavy atom. The van der Waals surface area contributed by atoms with Crippen molar-refractivity contribution in [3.8, 4) is 0 Å². The smallest absolute Gasteiger partial charge is 0.273 e. The first-order chi connectivity index (χ1) is 12.3. The van der Waals surface area contributed by atoms with Crippen molar-refractivity contribution >= 4 is 34.3 Å². The Labute approximate surface area is 153 Å². The van der Waals surface area contributed by atoms with Crippen LogP contribution in [-0.2, 0) is 9.53 Å². The highest BCUT2D eigenvalue weighted by Crippen LogP contribution is 2.31. The van der Waals surface area contributed by atoms with Crippen molar-refractivity contribution in [1.29, 1.82) is 0 Å². The molecule has 3 rings (SSSR count). The molecular weight excluding hydrogens is 368 g/mol. The number of hydrogen-bond acceptors (Lipinski definition) is 3. The number of benzene rings is 1. The number of fused-ring (bicyclic) bond motifs is 1. The first-order valence-corrected chi connectivity index (χ1v) is 8.45. The van der Waals surface area contributed by atoms with E-state index < -0.39 is 17.5 Å². The summed E-state index contributed by atoms with van der Waals surface area (Å²) in [5.41, 5.74) is -0.0187. The van der Waals surface area contributed by atoms with Crippen molar-refractivity contribution in [2.24, 2.45) is 0 Å². The molecule has 0 aliphatic carbocycles. The number of amides is 2. The van der Waals surface area contributed by atoms with E-state index in [1.54, 1.807) is 11.8 Å². The van der Waals surface area contributed by atoms with Crippen LogP contribution in [0.5, 0.6) is 0 Å². The molecule has 0 unspecified atom stereocenters. The SMILES string of the molecule is COCC(=O)N1CCN(C(=O)c2[nH]c3ccc(F)c(Cl)c3c2F)[C@@H](C)C1. The molecule has 1 aliphatic rings. The third-order valence-corrected chi connectivity index (χ3v) is 4.89. The normalized spacial score (nSPS) is 17.8. The number of hydrogen-bond donors (Lipinski definition) is 1. The van der Waals surface area contributed by atoms with Crippen molar-refractivity contribution in [3.63, 3.8) is 0 Å². The molecule has 2 amide bonds. The lowest BCUT2D eigenvalue weighted by molar-refractivity contribution is -0.137. The number of aromatic nitrogens is 1. The van der Waals surface area contributed by atoms with Crippen molar-refractivity contribution in [1.82, 2.24) is 14.8 Å². The van der Waals surface area contributed by atoms with Crippen LogP contribution in [0, 0.1) is 11.6 Å². The van der Waals surface area contributed by atoms with Gasteiger partial charge in [0.15, 0.2) is 5.82 Å². The fourth-order valence-corrected chi connectivity index (χ4v) is 3.42. The average molecular weight is 386 g/mol. The van der Waals surface area contributed by atoms with Gasteiger partial charge in [-0.3, -0.25) is 9.59 Å². The van der Waals surface area contributed by atoms with E-state index in [2.05, 4.69) is 4.98 Å². The summed E-state index contributed by atoms with van der Waals surface area (Å²) in [5, 5.41) is -0.505. The molecule has 1 fully saturated rings. The fourth-order valence-electron chi connectivity index (χ4n) is 3.18. The van der Waals surface area contributed by atoms with Gasteiger partial charge < -0.3 is 19.5 Å². The van der Waals surface area contributed by atoms with Gasteiger partial charge in [0.2, 0.25) is 5.91 Å². The second kappa shape index (κ2) is 7.20. The van der Waals surface area contributed by atoms with Crippen LogP contribution in [0.4, 0.5) is 8.78 Å². The van der Waals surface area contributed by atoms with Gasteiger partial charge in [-0.25, -0.2) is 8.78 Å². The van der Waals surface area contributed by atoms with Crippen molar-refractivity contribution in [2.75, 3.05) is 33.4 Å². The van der Waals surface area contributed by atoms with Gasteiger partial charge in [-0.05, 0) is 19.1 Å². The van der Waals surface area contributed by atoms with Crippen LogP contribution in [0.1, 0.15) is 17.4 Å². The zero-order chi connectivity index (χ0) is 19.0. The second-order valence-corrected chi connectivity index (χ2v) is 6.60. The van der Waals surface area contributed by atoms with Crippen LogP contribution in [0.25, 0.3) is 10.9 Å². The number of aromatic amines is 1. The summed E-state index contributed by atoms with van der Waals surface area (Å²) in [5.74, 6) is -2.35. The van der Waals surface area contributed by atoms with Crippen LogP contribution in [0.15, 0.2) is 12.1 Å². The number of ether oxygens (including phenoxy) is 1. The van der Waals surface area contributed by atoms with Gasteiger partial charge in [0.25, 0.3) is 5.91 Å². The summed E-state index contributed by atoms with van der Waals surface area (Å²) >= 11 is 5.83. The lowest BCUT2D eigenvalue weighted by Crippen LogP contribution is -2.56. The van der Waals surface area contributed by atoms with E-state index in [-0.39, 0.29) is 46.7 Å². The Morgan fingerprint density at radius 1 is 1.35 bits per heavy atom. The number of nitrogens with zero attached hydrogens (tertiary/aromatic N) is 2. The molecule has 0 spiro atoms. The van der Waals surface area contributed by atoms with E-state index in [1.165, 1.54) is 18.1 Å². The van der Waals surface area contributed by atoms with Crippen LogP contribution < -0.4 is 0 Å². The Morgan fingerprint density at radius 2 is 2.08 bits per heavy atom. The molecule has 6 nitrogen and oxygen atoms in total. The van der Waals surface area contributed by atoms with Gasteiger partial charge in [-0.15, -0.1) is 0 Å². The molecule has 140 valence electrons. The number of H-pyrrole nitrogens is 1. The first kappa shape index (κ1) is 18.6. The summed E-state index contributed by atoms with van der Waals surface area (Å²) in [4.78, 5) is 30.5.